The topological polar surface area (TPSA) is 56.7 Å². The standard InChI is InChI=1S/C20H21N3O2S2/c1-3-22(4-2)16-8-7-15(17(24)11-16)10-18-19(25)23(20(26)27-18)13-14-6-5-9-21-12-14/h5-12,24H,3-4,13H2,1-2H3/b18-10+. The lowest BCUT2D eigenvalue weighted by Gasteiger charge is -2.21. The highest BCUT2D eigenvalue weighted by Crippen LogP contribution is 2.35. The van der Waals surface area contributed by atoms with E-state index in [1.807, 2.05) is 24.3 Å². The molecule has 0 spiro atoms. The van der Waals surface area contributed by atoms with Crippen LogP contribution in [0.1, 0.15) is 25.0 Å². The number of aromatic hydroxyl groups is 1. The van der Waals surface area contributed by atoms with E-state index in [1.54, 1.807) is 29.4 Å². The fourth-order valence-corrected chi connectivity index (χ4v) is 4.14. The van der Waals surface area contributed by atoms with Crippen molar-refractivity contribution in [3.63, 3.8) is 0 Å². The number of nitrogens with zero attached hydrogens (tertiary/aromatic N) is 3. The number of carbonyl (C=O) groups is 1. The molecule has 0 unspecified atom stereocenters. The summed E-state index contributed by atoms with van der Waals surface area (Å²) in [6.07, 6.45) is 5.11. The van der Waals surface area contributed by atoms with E-state index in [1.165, 1.54) is 11.8 Å². The van der Waals surface area contributed by atoms with E-state index < -0.39 is 0 Å². The first-order valence-electron chi connectivity index (χ1n) is 8.75. The number of carbonyl (C=O) groups excluding carboxylic acids is 1. The third-order valence-corrected chi connectivity index (χ3v) is 5.74. The van der Waals surface area contributed by atoms with E-state index >= 15 is 0 Å². The van der Waals surface area contributed by atoms with Crippen LogP contribution in [0, 0.1) is 0 Å². The number of hydrogen-bond acceptors (Lipinski definition) is 6. The van der Waals surface area contributed by atoms with Gasteiger partial charge in [0.2, 0.25) is 0 Å². The molecule has 2 aromatic rings. The number of aromatic nitrogens is 1. The zero-order valence-corrected chi connectivity index (χ0v) is 16.9. The van der Waals surface area contributed by atoms with Crippen LogP contribution in [0.25, 0.3) is 6.08 Å². The molecule has 0 atom stereocenters. The summed E-state index contributed by atoms with van der Waals surface area (Å²) < 4.78 is 0.509. The van der Waals surface area contributed by atoms with Crippen LogP contribution in [0.5, 0.6) is 5.75 Å². The van der Waals surface area contributed by atoms with Crippen LogP contribution in [0.4, 0.5) is 5.69 Å². The van der Waals surface area contributed by atoms with Crippen molar-refractivity contribution in [3.8, 4) is 5.75 Å². The number of anilines is 1. The van der Waals surface area contributed by atoms with Crippen molar-refractivity contribution in [1.82, 2.24) is 9.88 Å². The van der Waals surface area contributed by atoms with Gasteiger partial charge >= 0.3 is 0 Å². The number of phenolic OH excluding ortho intramolecular Hbond substituents is 1. The Labute approximate surface area is 168 Å². The molecule has 1 N–H and O–H groups in total. The first-order valence-corrected chi connectivity index (χ1v) is 9.98. The number of pyridine rings is 1. The molecule has 1 saturated heterocycles. The van der Waals surface area contributed by atoms with Crippen molar-refractivity contribution in [2.45, 2.75) is 20.4 Å². The van der Waals surface area contributed by atoms with Gasteiger partial charge in [-0.25, -0.2) is 0 Å². The molecule has 2 heterocycles. The lowest BCUT2D eigenvalue weighted by Crippen LogP contribution is -2.27. The average molecular weight is 400 g/mol. The first-order chi connectivity index (χ1) is 13.0. The summed E-state index contributed by atoms with van der Waals surface area (Å²) in [6.45, 7) is 6.26. The Bertz CT molecular complexity index is 880. The normalized spacial score (nSPS) is 15.6. The quantitative estimate of drug-likeness (QED) is 0.585. The van der Waals surface area contributed by atoms with Crippen LogP contribution < -0.4 is 4.90 Å². The highest BCUT2D eigenvalue weighted by molar-refractivity contribution is 8.26. The molecule has 1 fully saturated rings. The average Bonchev–Trinajstić information content (AvgIpc) is 2.93. The lowest BCUT2D eigenvalue weighted by molar-refractivity contribution is -0.122. The molecule has 140 valence electrons. The van der Waals surface area contributed by atoms with Gasteiger partial charge < -0.3 is 10.0 Å². The van der Waals surface area contributed by atoms with Gasteiger partial charge in [0, 0.05) is 42.8 Å². The van der Waals surface area contributed by atoms with Crippen molar-refractivity contribution in [3.05, 3.63) is 58.8 Å². The highest BCUT2D eigenvalue weighted by Gasteiger charge is 2.32. The smallest absolute Gasteiger partial charge is 0.266 e. The summed E-state index contributed by atoms with van der Waals surface area (Å²) >= 11 is 6.62. The summed E-state index contributed by atoms with van der Waals surface area (Å²) in [6, 6.07) is 9.26. The summed E-state index contributed by atoms with van der Waals surface area (Å²) in [5, 5.41) is 10.4. The molecular weight excluding hydrogens is 378 g/mol. The van der Waals surface area contributed by atoms with Crippen LogP contribution in [0.2, 0.25) is 0 Å². The molecule has 1 aliphatic heterocycles. The Morgan fingerprint density at radius 3 is 2.70 bits per heavy atom. The number of thiocarbonyl (C=S) groups is 1. The molecule has 0 aliphatic carbocycles. The van der Waals surface area contributed by atoms with Gasteiger partial charge in [-0.15, -0.1) is 0 Å². The zero-order chi connectivity index (χ0) is 19.4. The van der Waals surface area contributed by atoms with Crippen LogP contribution in [-0.2, 0) is 11.3 Å². The second-order valence-corrected chi connectivity index (χ2v) is 7.72. The van der Waals surface area contributed by atoms with Gasteiger partial charge in [-0.2, -0.15) is 0 Å². The largest absolute Gasteiger partial charge is 0.507 e. The van der Waals surface area contributed by atoms with Crippen LogP contribution in [-0.4, -0.2) is 38.3 Å². The number of thioether (sulfide) groups is 1. The SMILES string of the molecule is CCN(CC)c1ccc(/C=C2/SC(=S)N(Cc3cccnc3)C2=O)c(O)c1. The van der Waals surface area contributed by atoms with Gasteiger partial charge in [0.1, 0.15) is 10.1 Å². The molecule has 1 aromatic carbocycles. The van der Waals surface area contributed by atoms with Crippen LogP contribution in [0.15, 0.2) is 47.6 Å². The Kier molecular flexibility index (Phi) is 6.13. The summed E-state index contributed by atoms with van der Waals surface area (Å²) in [4.78, 5) is 21.0. The van der Waals surface area contributed by atoms with Crippen LogP contribution in [0.3, 0.4) is 0 Å². The molecule has 5 nitrogen and oxygen atoms in total. The summed E-state index contributed by atoms with van der Waals surface area (Å²) in [7, 11) is 0. The summed E-state index contributed by atoms with van der Waals surface area (Å²) in [5.74, 6) is -0.00185. The molecule has 7 heteroatoms. The monoisotopic (exact) mass is 399 g/mol. The van der Waals surface area contributed by atoms with Gasteiger partial charge in [-0.3, -0.25) is 14.7 Å². The highest BCUT2D eigenvalue weighted by atomic mass is 32.2. The lowest BCUT2D eigenvalue weighted by atomic mass is 10.1. The molecule has 0 saturated carbocycles. The molecule has 1 aromatic heterocycles. The van der Waals surface area contributed by atoms with Crippen molar-refractivity contribution >= 4 is 46.0 Å². The third kappa shape index (κ3) is 4.31. The second kappa shape index (κ2) is 8.54. The Morgan fingerprint density at radius 1 is 1.30 bits per heavy atom. The van der Waals surface area contributed by atoms with Crippen molar-refractivity contribution in [2.24, 2.45) is 0 Å². The number of phenols is 1. The minimum atomic E-state index is -0.152. The maximum Gasteiger partial charge on any atom is 0.266 e. The van der Waals surface area contributed by atoms with E-state index in [2.05, 4.69) is 23.7 Å². The Balaban J connectivity index is 1.81. The predicted octanol–water partition coefficient (Wildman–Crippen LogP) is 4.03. The molecule has 1 aliphatic rings. The van der Waals surface area contributed by atoms with Crippen molar-refractivity contribution in [1.29, 1.82) is 0 Å². The van der Waals surface area contributed by atoms with Crippen molar-refractivity contribution < 1.29 is 9.90 Å². The van der Waals surface area contributed by atoms with E-state index in [0.29, 0.717) is 21.3 Å². The number of benzene rings is 1. The van der Waals surface area contributed by atoms with Crippen LogP contribution >= 0.6 is 24.0 Å². The fraction of sp³-hybridized carbons (Fsp3) is 0.250. The fourth-order valence-electron chi connectivity index (χ4n) is 2.89. The number of amides is 1. The Hall–Kier alpha value is -2.38. The molecule has 0 bridgehead atoms. The maximum absolute atomic E-state index is 12.7. The van der Waals surface area contributed by atoms with E-state index in [-0.39, 0.29) is 11.7 Å². The second-order valence-electron chi connectivity index (χ2n) is 6.04. The number of rotatable bonds is 6. The molecule has 3 rings (SSSR count). The van der Waals surface area contributed by atoms with Gasteiger partial charge in [-0.05, 0) is 43.7 Å². The van der Waals surface area contributed by atoms with Gasteiger partial charge in [-0.1, -0.05) is 30.0 Å². The minimum absolute atomic E-state index is 0.150. The zero-order valence-electron chi connectivity index (χ0n) is 15.3. The van der Waals surface area contributed by atoms with Gasteiger partial charge in [0.05, 0.1) is 11.4 Å². The van der Waals surface area contributed by atoms with Gasteiger partial charge in [0.25, 0.3) is 5.91 Å². The maximum atomic E-state index is 12.7. The predicted molar refractivity (Wildman–Crippen MR) is 115 cm³/mol. The third-order valence-electron chi connectivity index (χ3n) is 4.37. The molecule has 27 heavy (non-hydrogen) atoms. The minimum Gasteiger partial charge on any atom is -0.507 e. The van der Waals surface area contributed by atoms with E-state index in [0.717, 1.165) is 24.3 Å². The van der Waals surface area contributed by atoms with Crippen molar-refractivity contribution in [2.75, 3.05) is 18.0 Å². The van der Waals surface area contributed by atoms with Gasteiger partial charge in [0.15, 0.2) is 0 Å². The van der Waals surface area contributed by atoms with E-state index in [9.17, 15) is 9.90 Å². The van der Waals surface area contributed by atoms with E-state index in [4.69, 9.17) is 12.2 Å². The molecule has 1 amide bonds. The first kappa shape index (κ1) is 19.4. The molecule has 0 radical (unpaired) electrons. The summed E-state index contributed by atoms with van der Waals surface area (Å²) in [5.41, 5.74) is 2.48. The Morgan fingerprint density at radius 2 is 2.07 bits per heavy atom. The molecular formula is C20H21N3O2S2. The number of hydrogen-bond donors (Lipinski definition) is 1.